The number of rotatable bonds is 7. The lowest BCUT2D eigenvalue weighted by atomic mass is 10.2. The summed E-state index contributed by atoms with van der Waals surface area (Å²) in [6.45, 7) is 3.11. The van der Waals surface area contributed by atoms with Crippen LogP contribution >= 0.6 is 11.6 Å². The molecule has 3 rings (SSSR count). The summed E-state index contributed by atoms with van der Waals surface area (Å²) in [4.78, 5) is 21.6. The van der Waals surface area contributed by atoms with Crippen molar-refractivity contribution < 1.29 is 14.4 Å². The highest BCUT2D eigenvalue weighted by molar-refractivity contribution is 6.32. The monoisotopic (exact) mass is 423 g/mol. The molecule has 1 aliphatic heterocycles. The molecule has 1 aromatic heterocycles. The number of halogens is 1. The highest BCUT2D eigenvalue weighted by Crippen LogP contribution is 2.39. The van der Waals surface area contributed by atoms with E-state index in [1.165, 1.54) is 20.5 Å². The maximum absolute atomic E-state index is 11.8. The third-order valence-corrected chi connectivity index (χ3v) is 4.79. The van der Waals surface area contributed by atoms with Crippen LogP contribution in [0.3, 0.4) is 0 Å². The van der Waals surface area contributed by atoms with Crippen molar-refractivity contribution in [1.29, 1.82) is 0 Å². The Morgan fingerprint density at radius 3 is 2.38 bits per heavy atom. The minimum absolute atomic E-state index is 0.0150. The van der Waals surface area contributed by atoms with Crippen molar-refractivity contribution in [2.24, 2.45) is 0 Å². The van der Waals surface area contributed by atoms with Gasteiger partial charge in [0.15, 0.2) is 0 Å². The largest absolute Gasteiger partial charge is 0.495 e. The topological polar surface area (TPSA) is 118 Å². The Hall–Kier alpha value is -2.89. The molecule has 156 valence electrons. The number of aromatic nitrogens is 2. The van der Waals surface area contributed by atoms with Crippen LogP contribution in [0.15, 0.2) is 18.5 Å². The zero-order chi connectivity index (χ0) is 21.0. The quantitative estimate of drug-likeness (QED) is 0.507. The zero-order valence-electron chi connectivity index (χ0n) is 16.3. The Kier molecular flexibility index (Phi) is 6.52. The average molecular weight is 424 g/mol. The number of piperazine rings is 1. The van der Waals surface area contributed by atoms with Crippen LogP contribution in [0.2, 0.25) is 5.02 Å². The Balaban J connectivity index is 1.92. The van der Waals surface area contributed by atoms with Crippen molar-refractivity contribution in [3.63, 3.8) is 0 Å². The van der Waals surface area contributed by atoms with Gasteiger partial charge in [0, 0.05) is 32.2 Å². The van der Waals surface area contributed by atoms with Gasteiger partial charge in [0.05, 0.1) is 29.9 Å². The number of hydrogen-bond acceptors (Lipinski definition) is 10. The first-order chi connectivity index (χ1) is 13.9. The second kappa shape index (κ2) is 9.07. The average Bonchev–Trinajstić information content (AvgIpc) is 2.70. The molecule has 2 heterocycles. The third kappa shape index (κ3) is 4.75. The predicted octanol–water partition coefficient (Wildman–Crippen LogP) is 2.37. The first-order valence-corrected chi connectivity index (χ1v) is 9.18. The first kappa shape index (κ1) is 20.8. The zero-order valence-corrected chi connectivity index (χ0v) is 17.1. The summed E-state index contributed by atoms with van der Waals surface area (Å²) in [6.07, 6.45) is 1.26. The molecule has 2 N–H and O–H groups in total. The number of anilines is 3. The molecule has 0 amide bonds. The second-order valence-electron chi connectivity index (χ2n) is 6.39. The fraction of sp³-hybridized carbons (Fsp3) is 0.412. The summed E-state index contributed by atoms with van der Waals surface area (Å²) in [5.74, 6) is 0.938. The van der Waals surface area contributed by atoms with Gasteiger partial charge in [0.2, 0.25) is 11.6 Å². The number of hydrazine groups is 1. The van der Waals surface area contributed by atoms with E-state index in [-0.39, 0.29) is 17.3 Å². The van der Waals surface area contributed by atoms with Gasteiger partial charge in [0.25, 0.3) is 0 Å². The fourth-order valence-electron chi connectivity index (χ4n) is 2.88. The van der Waals surface area contributed by atoms with E-state index in [9.17, 15) is 10.1 Å². The summed E-state index contributed by atoms with van der Waals surface area (Å²) in [5.41, 5.74) is 3.16. The van der Waals surface area contributed by atoms with Gasteiger partial charge in [-0.3, -0.25) is 15.5 Å². The number of nitrogens with one attached hydrogen (secondary N) is 2. The van der Waals surface area contributed by atoms with E-state index in [1.54, 1.807) is 12.1 Å². The highest BCUT2D eigenvalue weighted by Gasteiger charge is 2.26. The van der Waals surface area contributed by atoms with E-state index < -0.39 is 4.92 Å². The molecular formula is C17H22ClN7O4. The van der Waals surface area contributed by atoms with Gasteiger partial charge in [-0.05, 0) is 13.1 Å². The molecule has 1 aromatic carbocycles. The molecule has 2 aromatic rings. The molecule has 1 saturated heterocycles. The Morgan fingerprint density at radius 2 is 1.76 bits per heavy atom. The number of nitrogens with zero attached hydrogens (tertiary/aromatic N) is 5. The maximum atomic E-state index is 11.8. The lowest BCUT2D eigenvalue weighted by molar-refractivity contribution is -0.383. The summed E-state index contributed by atoms with van der Waals surface area (Å²) >= 11 is 6.19. The summed E-state index contributed by atoms with van der Waals surface area (Å²) < 4.78 is 10.5. The first-order valence-electron chi connectivity index (χ1n) is 8.81. The number of nitro groups is 1. The number of ether oxygens (including phenoxy) is 2. The molecular weight excluding hydrogens is 402 g/mol. The van der Waals surface area contributed by atoms with Gasteiger partial charge in [-0.15, -0.1) is 0 Å². The molecule has 12 heteroatoms. The molecule has 29 heavy (non-hydrogen) atoms. The number of hydrogen-bond donors (Lipinski definition) is 2. The van der Waals surface area contributed by atoms with Crippen LogP contribution in [-0.4, -0.2) is 72.2 Å². The van der Waals surface area contributed by atoms with Crippen LogP contribution < -0.4 is 20.2 Å². The van der Waals surface area contributed by atoms with Crippen LogP contribution in [0.5, 0.6) is 11.5 Å². The fourth-order valence-corrected chi connectivity index (χ4v) is 3.12. The lowest BCUT2D eigenvalue weighted by Gasteiger charge is -2.32. The molecule has 0 aliphatic carbocycles. The molecule has 0 radical (unpaired) electrons. The van der Waals surface area contributed by atoms with Crippen molar-refractivity contribution in [2.45, 2.75) is 0 Å². The second-order valence-corrected chi connectivity index (χ2v) is 6.80. The Bertz CT molecular complexity index is 890. The van der Waals surface area contributed by atoms with Gasteiger partial charge in [0.1, 0.15) is 17.8 Å². The van der Waals surface area contributed by atoms with Crippen LogP contribution in [-0.2, 0) is 0 Å². The molecule has 1 fully saturated rings. The Morgan fingerprint density at radius 1 is 1.10 bits per heavy atom. The predicted molar refractivity (Wildman–Crippen MR) is 109 cm³/mol. The van der Waals surface area contributed by atoms with E-state index in [1.807, 2.05) is 12.1 Å². The number of benzene rings is 1. The maximum Gasteiger partial charge on any atom is 0.354 e. The van der Waals surface area contributed by atoms with Gasteiger partial charge in [-0.2, -0.15) is 0 Å². The third-order valence-electron chi connectivity index (χ3n) is 4.50. The smallest absolute Gasteiger partial charge is 0.354 e. The summed E-state index contributed by atoms with van der Waals surface area (Å²) in [7, 11) is 4.99. The minimum Gasteiger partial charge on any atom is -0.495 e. The standard InChI is InChI=1S/C17H22ClN7O4/c1-23-4-6-24(7-5-23)22-17-15(25(26)27)16(19-10-20-17)21-12-8-11(18)13(28-2)9-14(12)29-3/h8-10H,4-7H2,1-3H3,(H2,19,20,21,22). The molecule has 0 unspecified atom stereocenters. The highest BCUT2D eigenvalue weighted by atomic mass is 35.5. The molecule has 1 aliphatic rings. The van der Waals surface area contributed by atoms with Gasteiger partial charge >= 0.3 is 5.69 Å². The van der Waals surface area contributed by atoms with E-state index >= 15 is 0 Å². The van der Waals surface area contributed by atoms with Crippen molar-refractivity contribution in [2.75, 3.05) is 58.2 Å². The Labute approximate surface area is 172 Å². The molecule has 0 spiro atoms. The molecule has 0 bridgehead atoms. The lowest BCUT2D eigenvalue weighted by Crippen LogP contribution is -2.47. The van der Waals surface area contributed by atoms with E-state index in [0.717, 1.165) is 13.1 Å². The van der Waals surface area contributed by atoms with Gasteiger partial charge in [-0.25, -0.2) is 15.0 Å². The van der Waals surface area contributed by atoms with Crippen LogP contribution in [0.25, 0.3) is 0 Å². The van der Waals surface area contributed by atoms with E-state index in [4.69, 9.17) is 21.1 Å². The molecule has 11 nitrogen and oxygen atoms in total. The van der Waals surface area contributed by atoms with Crippen LogP contribution in [0.1, 0.15) is 0 Å². The molecule has 0 saturated carbocycles. The minimum atomic E-state index is -0.529. The van der Waals surface area contributed by atoms with Gasteiger partial charge in [-0.1, -0.05) is 11.6 Å². The van der Waals surface area contributed by atoms with Crippen molar-refractivity contribution in [3.8, 4) is 11.5 Å². The summed E-state index contributed by atoms with van der Waals surface area (Å²) in [5, 5.41) is 16.9. The van der Waals surface area contributed by atoms with Crippen molar-refractivity contribution >= 4 is 34.6 Å². The summed E-state index contributed by atoms with van der Waals surface area (Å²) in [6, 6.07) is 3.14. The number of likely N-dealkylation sites (N-methyl/N-ethyl adjacent to an activating group) is 1. The van der Waals surface area contributed by atoms with Crippen LogP contribution in [0.4, 0.5) is 23.0 Å². The van der Waals surface area contributed by atoms with E-state index in [0.29, 0.717) is 35.3 Å². The molecule has 0 atom stereocenters. The van der Waals surface area contributed by atoms with Crippen molar-refractivity contribution in [1.82, 2.24) is 19.9 Å². The normalized spacial score (nSPS) is 15.0. The van der Waals surface area contributed by atoms with E-state index in [2.05, 4.69) is 25.6 Å². The SMILES string of the molecule is COc1cc(OC)c(Nc2ncnc(NN3CCN(C)CC3)c2[N+](=O)[O-])cc1Cl. The van der Waals surface area contributed by atoms with Crippen LogP contribution in [0, 0.1) is 10.1 Å². The number of methoxy groups -OCH3 is 2. The van der Waals surface area contributed by atoms with Crippen molar-refractivity contribution in [3.05, 3.63) is 33.6 Å². The van der Waals surface area contributed by atoms with Gasteiger partial charge < -0.3 is 19.7 Å².